The predicted octanol–water partition coefficient (Wildman–Crippen LogP) is 1.47. The molecule has 104 valence electrons. The molecule has 19 heavy (non-hydrogen) atoms. The Morgan fingerprint density at radius 1 is 1.47 bits per heavy atom. The molecule has 0 saturated carbocycles. The van der Waals surface area contributed by atoms with E-state index in [2.05, 4.69) is 36.4 Å². The Hall–Kier alpha value is -0.980. The van der Waals surface area contributed by atoms with E-state index in [4.69, 9.17) is 0 Å². The lowest BCUT2D eigenvalue weighted by Gasteiger charge is -2.39. The van der Waals surface area contributed by atoms with E-state index in [1.807, 2.05) is 26.0 Å². The summed E-state index contributed by atoms with van der Waals surface area (Å²) in [5, 5.41) is 6.18. The lowest BCUT2D eigenvalue weighted by atomic mass is 10.0. The number of anilines is 1. The Morgan fingerprint density at radius 3 is 2.79 bits per heavy atom. The van der Waals surface area contributed by atoms with Gasteiger partial charge in [0.05, 0.1) is 10.0 Å². The van der Waals surface area contributed by atoms with Crippen LogP contribution >= 0.6 is 15.9 Å². The molecule has 2 heterocycles. The number of pyridine rings is 1. The molecule has 2 N–H and O–H groups in total. The lowest BCUT2D eigenvalue weighted by molar-refractivity contribution is -0.126. The van der Waals surface area contributed by atoms with Gasteiger partial charge in [-0.05, 0) is 41.9 Å². The molecule has 0 aliphatic carbocycles. The number of aromatic nitrogens is 1. The quantitative estimate of drug-likeness (QED) is 0.883. The molecular formula is C13H19BrN4O. The summed E-state index contributed by atoms with van der Waals surface area (Å²) in [6.07, 6.45) is 1.66. The van der Waals surface area contributed by atoms with Gasteiger partial charge in [0, 0.05) is 32.4 Å². The van der Waals surface area contributed by atoms with Crippen molar-refractivity contribution in [1.29, 1.82) is 0 Å². The van der Waals surface area contributed by atoms with E-state index in [0.29, 0.717) is 5.82 Å². The third-order valence-electron chi connectivity index (χ3n) is 3.45. The number of hydrogen-bond acceptors (Lipinski definition) is 4. The molecule has 0 unspecified atom stereocenters. The monoisotopic (exact) mass is 326 g/mol. The van der Waals surface area contributed by atoms with Crippen molar-refractivity contribution in [2.75, 3.05) is 31.5 Å². The summed E-state index contributed by atoms with van der Waals surface area (Å²) in [7, 11) is 0. The molecule has 0 spiro atoms. The number of nitrogens with one attached hydrogen (secondary N) is 2. The number of amides is 1. The number of carbonyl (C=O) groups excluding carboxylic acids is 1. The largest absolute Gasteiger partial charge is 0.314 e. The molecule has 0 bridgehead atoms. The molecule has 1 aromatic heterocycles. The van der Waals surface area contributed by atoms with Crippen molar-refractivity contribution in [2.45, 2.75) is 19.4 Å². The van der Waals surface area contributed by atoms with Crippen LogP contribution in [0.5, 0.6) is 0 Å². The van der Waals surface area contributed by atoms with Crippen LogP contribution in [0.25, 0.3) is 0 Å². The van der Waals surface area contributed by atoms with E-state index >= 15 is 0 Å². The minimum Gasteiger partial charge on any atom is -0.314 e. The molecular weight excluding hydrogens is 308 g/mol. The summed E-state index contributed by atoms with van der Waals surface area (Å²) in [5.74, 6) is 0.532. The van der Waals surface area contributed by atoms with Gasteiger partial charge in [-0.1, -0.05) is 0 Å². The first-order valence-electron chi connectivity index (χ1n) is 6.39. The summed E-state index contributed by atoms with van der Waals surface area (Å²) in [6, 6.07) is 3.68. The van der Waals surface area contributed by atoms with Crippen molar-refractivity contribution < 1.29 is 4.79 Å². The molecule has 1 aliphatic rings. The Balaban J connectivity index is 2.08. The number of carbonyl (C=O) groups is 1. The maximum Gasteiger partial charge on any atom is 0.245 e. The normalized spacial score (nSPS) is 17.2. The molecule has 2 rings (SSSR count). The molecule has 1 saturated heterocycles. The van der Waals surface area contributed by atoms with E-state index < -0.39 is 5.54 Å². The van der Waals surface area contributed by atoms with Crippen LogP contribution in [0.4, 0.5) is 5.82 Å². The van der Waals surface area contributed by atoms with Gasteiger partial charge in [-0.15, -0.1) is 0 Å². The van der Waals surface area contributed by atoms with Crippen molar-refractivity contribution in [3.05, 3.63) is 22.8 Å². The molecule has 1 amide bonds. The maximum absolute atomic E-state index is 12.5. The van der Waals surface area contributed by atoms with Crippen LogP contribution in [-0.4, -0.2) is 47.5 Å². The first kappa shape index (κ1) is 14.4. The van der Waals surface area contributed by atoms with Gasteiger partial charge in [0.1, 0.15) is 5.82 Å². The Morgan fingerprint density at radius 2 is 2.16 bits per heavy atom. The van der Waals surface area contributed by atoms with Gasteiger partial charge < -0.3 is 10.6 Å². The second-order valence-electron chi connectivity index (χ2n) is 5.08. The topological polar surface area (TPSA) is 57.3 Å². The zero-order chi connectivity index (χ0) is 13.9. The van der Waals surface area contributed by atoms with E-state index in [9.17, 15) is 4.79 Å². The first-order chi connectivity index (χ1) is 9.01. The minimum absolute atomic E-state index is 0.0335. The third-order valence-corrected chi connectivity index (χ3v) is 4.09. The first-order valence-corrected chi connectivity index (χ1v) is 7.19. The van der Waals surface area contributed by atoms with Gasteiger partial charge in [-0.3, -0.25) is 9.69 Å². The molecule has 5 nitrogen and oxygen atoms in total. The van der Waals surface area contributed by atoms with Gasteiger partial charge in [-0.2, -0.15) is 0 Å². The summed E-state index contributed by atoms with van der Waals surface area (Å²) in [6.45, 7) is 7.50. The van der Waals surface area contributed by atoms with Gasteiger partial charge >= 0.3 is 0 Å². The molecule has 0 aromatic carbocycles. The Bertz CT molecular complexity index is 458. The van der Waals surface area contributed by atoms with Gasteiger partial charge in [0.25, 0.3) is 0 Å². The summed E-state index contributed by atoms with van der Waals surface area (Å²) in [4.78, 5) is 18.8. The summed E-state index contributed by atoms with van der Waals surface area (Å²) < 4.78 is 0.791. The number of rotatable bonds is 3. The van der Waals surface area contributed by atoms with Gasteiger partial charge in [0.15, 0.2) is 0 Å². The van der Waals surface area contributed by atoms with Crippen LogP contribution in [0.3, 0.4) is 0 Å². The average molecular weight is 327 g/mol. The van der Waals surface area contributed by atoms with Crippen LogP contribution < -0.4 is 10.6 Å². The summed E-state index contributed by atoms with van der Waals surface area (Å²) >= 11 is 3.39. The second kappa shape index (κ2) is 5.98. The highest BCUT2D eigenvalue weighted by molar-refractivity contribution is 9.10. The van der Waals surface area contributed by atoms with Crippen molar-refractivity contribution in [2.24, 2.45) is 0 Å². The lowest BCUT2D eigenvalue weighted by Crippen LogP contribution is -2.58. The standard InChI is InChI=1S/C13H19BrN4O/c1-13(2,18-8-6-15-7-9-18)12(19)17-11-10(14)4-3-5-16-11/h3-5,15H,6-9H2,1-2H3,(H,16,17,19). The second-order valence-corrected chi connectivity index (χ2v) is 5.94. The van der Waals surface area contributed by atoms with Crippen LogP contribution in [0, 0.1) is 0 Å². The average Bonchev–Trinajstić information content (AvgIpc) is 2.42. The van der Waals surface area contributed by atoms with E-state index in [1.54, 1.807) is 6.20 Å². The van der Waals surface area contributed by atoms with E-state index in [-0.39, 0.29) is 5.91 Å². The van der Waals surface area contributed by atoms with Crippen LogP contribution in [0.2, 0.25) is 0 Å². The van der Waals surface area contributed by atoms with Crippen molar-refractivity contribution in [3.63, 3.8) is 0 Å². The smallest absolute Gasteiger partial charge is 0.245 e. The number of piperazine rings is 1. The number of nitrogens with zero attached hydrogens (tertiary/aromatic N) is 2. The molecule has 1 aliphatic heterocycles. The fraction of sp³-hybridized carbons (Fsp3) is 0.538. The minimum atomic E-state index is -0.543. The molecule has 6 heteroatoms. The van der Waals surface area contributed by atoms with Crippen LogP contribution in [-0.2, 0) is 4.79 Å². The summed E-state index contributed by atoms with van der Waals surface area (Å²) in [5.41, 5.74) is -0.543. The van der Waals surface area contributed by atoms with E-state index in [0.717, 1.165) is 30.7 Å². The zero-order valence-corrected chi connectivity index (χ0v) is 12.8. The molecule has 0 atom stereocenters. The maximum atomic E-state index is 12.5. The highest BCUT2D eigenvalue weighted by Crippen LogP contribution is 2.22. The molecule has 1 aromatic rings. The fourth-order valence-electron chi connectivity index (χ4n) is 2.11. The zero-order valence-electron chi connectivity index (χ0n) is 11.2. The highest BCUT2D eigenvalue weighted by atomic mass is 79.9. The molecule has 1 fully saturated rings. The van der Waals surface area contributed by atoms with Crippen molar-refractivity contribution >= 4 is 27.7 Å². The van der Waals surface area contributed by atoms with Crippen molar-refractivity contribution in [1.82, 2.24) is 15.2 Å². The number of hydrogen-bond donors (Lipinski definition) is 2. The molecule has 0 radical (unpaired) electrons. The van der Waals surface area contributed by atoms with Gasteiger partial charge in [-0.25, -0.2) is 4.98 Å². The van der Waals surface area contributed by atoms with Gasteiger partial charge in [0.2, 0.25) is 5.91 Å². The van der Waals surface area contributed by atoms with Crippen molar-refractivity contribution in [3.8, 4) is 0 Å². The number of halogens is 1. The Labute approximate surface area is 121 Å². The fourth-order valence-corrected chi connectivity index (χ4v) is 2.46. The third kappa shape index (κ3) is 3.32. The predicted molar refractivity (Wildman–Crippen MR) is 79.1 cm³/mol. The van der Waals surface area contributed by atoms with E-state index in [1.165, 1.54) is 0 Å². The SMILES string of the molecule is CC(C)(C(=O)Nc1ncccc1Br)N1CCNCC1. The van der Waals surface area contributed by atoms with Crippen LogP contribution in [0.15, 0.2) is 22.8 Å². The highest BCUT2D eigenvalue weighted by Gasteiger charge is 2.35. The Kier molecular flexibility index (Phi) is 4.54. The van der Waals surface area contributed by atoms with Crippen LogP contribution in [0.1, 0.15) is 13.8 Å².